The summed E-state index contributed by atoms with van der Waals surface area (Å²) in [6.07, 6.45) is 1.46. The number of hydrogen-bond donors (Lipinski definition) is 0. The lowest BCUT2D eigenvalue weighted by atomic mass is 9.89. The third kappa shape index (κ3) is 2.85. The zero-order valence-electron chi connectivity index (χ0n) is 13.2. The number of benzene rings is 1. The second kappa shape index (κ2) is 4.93. The zero-order valence-corrected chi connectivity index (χ0v) is 13.2. The van der Waals surface area contributed by atoms with E-state index in [0.717, 1.165) is 17.9 Å². The molecule has 4 heteroatoms. The minimum Gasteiger partial charge on any atom is -0.454 e. The molecule has 0 spiro atoms. The van der Waals surface area contributed by atoms with Crippen LogP contribution in [0.15, 0.2) is 12.1 Å². The molecule has 0 radical (unpaired) electrons. The Labute approximate surface area is 126 Å². The molecule has 4 nitrogen and oxygen atoms in total. The highest BCUT2D eigenvalue weighted by Gasteiger charge is 2.30. The predicted molar refractivity (Wildman–Crippen MR) is 80.4 cm³/mol. The molecule has 0 fully saturated rings. The Bertz CT molecular complexity index is 574. The Morgan fingerprint density at radius 3 is 2.48 bits per heavy atom. The van der Waals surface area contributed by atoms with E-state index in [2.05, 4.69) is 33.8 Å². The van der Waals surface area contributed by atoms with Crippen LogP contribution in [0, 0.1) is 5.41 Å². The van der Waals surface area contributed by atoms with Gasteiger partial charge in [0.15, 0.2) is 11.5 Å². The Kier molecular flexibility index (Phi) is 3.34. The second-order valence-electron chi connectivity index (χ2n) is 7.29. The molecule has 2 aliphatic rings. The van der Waals surface area contributed by atoms with Gasteiger partial charge in [-0.2, -0.15) is 0 Å². The van der Waals surface area contributed by atoms with E-state index < -0.39 is 0 Å². The van der Waals surface area contributed by atoms with Gasteiger partial charge in [-0.15, -0.1) is 0 Å². The van der Waals surface area contributed by atoms with Crippen LogP contribution in [0.5, 0.6) is 11.5 Å². The van der Waals surface area contributed by atoms with Crippen LogP contribution in [0.2, 0.25) is 0 Å². The van der Waals surface area contributed by atoms with Crippen LogP contribution >= 0.6 is 0 Å². The van der Waals surface area contributed by atoms with Gasteiger partial charge in [0, 0.05) is 19.0 Å². The number of carbonyl (C=O) groups excluding carboxylic acids is 1. The summed E-state index contributed by atoms with van der Waals surface area (Å²) < 4.78 is 10.9. The molecule has 114 valence electrons. The highest BCUT2D eigenvalue weighted by Crippen LogP contribution is 2.38. The van der Waals surface area contributed by atoms with Gasteiger partial charge in [-0.1, -0.05) is 20.8 Å². The van der Waals surface area contributed by atoms with Gasteiger partial charge in [-0.3, -0.25) is 4.79 Å². The van der Waals surface area contributed by atoms with Gasteiger partial charge < -0.3 is 14.4 Å². The molecule has 0 saturated carbocycles. The van der Waals surface area contributed by atoms with E-state index in [0.29, 0.717) is 19.8 Å². The lowest BCUT2D eigenvalue weighted by Gasteiger charge is -2.36. The Hall–Kier alpha value is -1.71. The lowest BCUT2D eigenvalue weighted by Crippen LogP contribution is -2.43. The van der Waals surface area contributed by atoms with Crippen molar-refractivity contribution in [1.29, 1.82) is 0 Å². The standard InChI is InChI=1S/C17H23NO3/c1-11-5-12-6-14-15(21-10-20-14)7-13(12)9-18(11)16(19)8-17(2,3)4/h6-7,11H,5,8-10H2,1-4H3. The first-order valence-corrected chi connectivity index (χ1v) is 7.54. The fourth-order valence-corrected chi connectivity index (χ4v) is 3.02. The fourth-order valence-electron chi connectivity index (χ4n) is 3.02. The van der Waals surface area contributed by atoms with E-state index in [1.54, 1.807) is 0 Å². The highest BCUT2D eigenvalue weighted by atomic mass is 16.7. The smallest absolute Gasteiger partial charge is 0.231 e. The first-order valence-electron chi connectivity index (χ1n) is 7.54. The number of nitrogens with zero attached hydrogens (tertiary/aromatic N) is 1. The van der Waals surface area contributed by atoms with Crippen LogP contribution in [0.25, 0.3) is 0 Å². The molecule has 2 heterocycles. The van der Waals surface area contributed by atoms with Crippen molar-refractivity contribution < 1.29 is 14.3 Å². The van der Waals surface area contributed by atoms with E-state index >= 15 is 0 Å². The van der Waals surface area contributed by atoms with Crippen molar-refractivity contribution in [1.82, 2.24) is 4.90 Å². The van der Waals surface area contributed by atoms with E-state index in [4.69, 9.17) is 9.47 Å². The van der Waals surface area contributed by atoms with Gasteiger partial charge in [0.2, 0.25) is 12.7 Å². The predicted octanol–water partition coefficient (Wildman–Crippen LogP) is 3.12. The summed E-state index contributed by atoms with van der Waals surface area (Å²) in [7, 11) is 0. The normalized spacial score (nSPS) is 20.4. The minimum atomic E-state index is 0.0198. The average Bonchev–Trinajstić information content (AvgIpc) is 2.80. The molecule has 2 aliphatic heterocycles. The van der Waals surface area contributed by atoms with Gasteiger partial charge in [-0.05, 0) is 42.0 Å². The van der Waals surface area contributed by atoms with Crippen LogP contribution < -0.4 is 9.47 Å². The monoisotopic (exact) mass is 289 g/mol. The van der Waals surface area contributed by atoms with E-state index in [1.165, 1.54) is 11.1 Å². The molecule has 1 amide bonds. The zero-order chi connectivity index (χ0) is 15.2. The molecule has 1 aromatic rings. The first-order chi connectivity index (χ1) is 9.83. The molecule has 0 bridgehead atoms. The SMILES string of the molecule is CC1Cc2cc3c(cc2CN1C(=O)CC(C)(C)C)OCO3. The molecule has 0 aromatic heterocycles. The van der Waals surface area contributed by atoms with Crippen molar-refractivity contribution in [3.05, 3.63) is 23.3 Å². The van der Waals surface area contributed by atoms with Gasteiger partial charge in [0.05, 0.1) is 0 Å². The largest absolute Gasteiger partial charge is 0.454 e. The number of amides is 1. The van der Waals surface area contributed by atoms with Crippen molar-refractivity contribution in [2.45, 2.75) is 53.1 Å². The summed E-state index contributed by atoms with van der Waals surface area (Å²) in [6, 6.07) is 4.33. The fraction of sp³-hybridized carbons (Fsp3) is 0.588. The van der Waals surface area contributed by atoms with Gasteiger partial charge >= 0.3 is 0 Å². The number of hydrogen-bond acceptors (Lipinski definition) is 3. The van der Waals surface area contributed by atoms with E-state index in [1.807, 2.05) is 11.0 Å². The van der Waals surface area contributed by atoms with E-state index in [-0.39, 0.29) is 17.4 Å². The van der Waals surface area contributed by atoms with Gasteiger partial charge in [-0.25, -0.2) is 0 Å². The summed E-state index contributed by atoms with van der Waals surface area (Å²) in [5.41, 5.74) is 2.47. The maximum Gasteiger partial charge on any atom is 0.231 e. The van der Waals surface area contributed by atoms with Crippen LogP contribution in [0.3, 0.4) is 0 Å². The third-order valence-corrected chi connectivity index (χ3v) is 4.08. The average molecular weight is 289 g/mol. The quantitative estimate of drug-likeness (QED) is 0.797. The van der Waals surface area contributed by atoms with Crippen LogP contribution in [-0.4, -0.2) is 23.6 Å². The molecular formula is C17H23NO3. The van der Waals surface area contributed by atoms with E-state index in [9.17, 15) is 4.79 Å². The van der Waals surface area contributed by atoms with Crippen molar-refractivity contribution in [2.75, 3.05) is 6.79 Å². The highest BCUT2D eigenvalue weighted by molar-refractivity contribution is 5.77. The molecular weight excluding hydrogens is 266 g/mol. The Balaban J connectivity index is 1.83. The number of ether oxygens (including phenoxy) is 2. The molecule has 21 heavy (non-hydrogen) atoms. The second-order valence-corrected chi connectivity index (χ2v) is 7.29. The molecule has 1 aromatic carbocycles. The minimum absolute atomic E-state index is 0.0198. The summed E-state index contributed by atoms with van der Waals surface area (Å²) >= 11 is 0. The van der Waals surface area contributed by atoms with Crippen LogP contribution in [0.1, 0.15) is 45.2 Å². The summed E-state index contributed by atoms with van der Waals surface area (Å²) in [6.45, 7) is 9.39. The maximum absolute atomic E-state index is 12.5. The summed E-state index contributed by atoms with van der Waals surface area (Å²) in [5, 5.41) is 0. The van der Waals surface area contributed by atoms with Gasteiger partial charge in [0.1, 0.15) is 0 Å². The summed E-state index contributed by atoms with van der Waals surface area (Å²) in [4.78, 5) is 14.5. The maximum atomic E-state index is 12.5. The number of fused-ring (bicyclic) bond motifs is 2. The van der Waals surface area contributed by atoms with Crippen molar-refractivity contribution in [3.63, 3.8) is 0 Å². The Morgan fingerprint density at radius 2 is 1.86 bits per heavy atom. The van der Waals surface area contributed by atoms with Gasteiger partial charge in [0.25, 0.3) is 0 Å². The number of carbonyl (C=O) groups is 1. The summed E-state index contributed by atoms with van der Waals surface area (Å²) in [5.74, 6) is 1.86. The molecule has 0 aliphatic carbocycles. The molecule has 0 saturated heterocycles. The molecule has 1 unspecified atom stereocenters. The number of rotatable bonds is 1. The van der Waals surface area contributed by atoms with Crippen molar-refractivity contribution in [2.24, 2.45) is 5.41 Å². The topological polar surface area (TPSA) is 38.8 Å². The van der Waals surface area contributed by atoms with Crippen LogP contribution in [0.4, 0.5) is 0 Å². The van der Waals surface area contributed by atoms with Crippen LogP contribution in [-0.2, 0) is 17.8 Å². The lowest BCUT2D eigenvalue weighted by molar-refractivity contribution is -0.136. The molecule has 3 rings (SSSR count). The Morgan fingerprint density at radius 1 is 1.24 bits per heavy atom. The van der Waals surface area contributed by atoms with Crippen molar-refractivity contribution in [3.8, 4) is 11.5 Å². The molecule has 0 N–H and O–H groups in total. The molecule has 1 atom stereocenters. The third-order valence-electron chi connectivity index (χ3n) is 4.08. The van der Waals surface area contributed by atoms with Crippen molar-refractivity contribution >= 4 is 5.91 Å². The first kappa shape index (κ1) is 14.2.